The molecule has 0 bridgehead atoms. The highest BCUT2D eigenvalue weighted by molar-refractivity contribution is 7.11. The van der Waals surface area contributed by atoms with Crippen LogP contribution < -0.4 is 5.32 Å². The lowest BCUT2D eigenvalue weighted by Crippen LogP contribution is -2.38. The summed E-state index contributed by atoms with van der Waals surface area (Å²) in [5.41, 5.74) is 3.56. The van der Waals surface area contributed by atoms with Crippen molar-refractivity contribution in [2.45, 2.75) is 45.7 Å². The molecule has 7 heteroatoms. The van der Waals surface area contributed by atoms with Crippen molar-refractivity contribution in [2.75, 3.05) is 14.1 Å². The largest absolute Gasteiger partial charge is 0.439 e. The van der Waals surface area contributed by atoms with E-state index in [0.29, 0.717) is 12.4 Å². The molecule has 0 saturated heterocycles. The van der Waals surface area contributed by atoms with Crippen LogP contribution in [0.25, 0.3) is 11.3 Å². The number of oxazole rings is 1. The van der Waals surface area contributed by atoms with Crippen molar-refractivity contribution in [1.82, 2.24) is 20.2 Å². The van der Waals surface area contributed by atoms with Gasteiger partial charge in [-0.25, -0.2) is 9.97 Å². The Hall–Kier alpha value is -2.67. The highest BCUT2D eigenvalue weighted by Gasteiger charge is 2.17. The first kappa shape index (κ1) is 19.6. The second-order valence-corrected chi connectivity index (χ2v) is 8.59. The van der Waals surface area contributed by atoms with Crippen LogP contribution in [0.2, 0.25) is 0 Å². The van der Waals surface area contributed by atoms with Crippen molar-refractivity contribution in [2.24, 2.45) is 4.99 Å². The van der Waals surface area contributed by atoms with Gasteiger partial charge in [-0.05, 0) is 32.6 Å². The zero-order valence-electron chi connectivity index (χ0n) is 17.2. The standard InChI is InChI=1S/C22H27N5OS/c1-15-8-10-16(11-9-15)18-12-24-20(28-18)13-25-22(23-2)27(3)14-21-26-17-6-4-5-7-19(17)29-21/h8-12H,4-7,13-14H2,1-3H3,(H,23,25). The van der Waals surface area contributed by atoms with Crippen molar-refractivity contribution in [3.63, 3.8) is 0 Å². The van der Waals surface area contributed by atoms with Crippen molar-refractivity contribution in [1.29, 1.82) is 0 Å². The number of nitrogens with zero attached hydrogens (tertiary/aromatic N) is 4. The minimum Gasteiger partial charge on any atom is -0.439 e. The maximum atomic E-state index is 5.90. The summed E-state index contributed by atoms with van der Waals surface area (Å²) < 4.78 is 5.90. The van der Waals surface area contributed by atoms with Crippen LogP contribution in [0, 0.1) is 6.92 Å². The summed E-state index contributed by atoms with van der Waals surface area (Å²) in [6, 6.07) is 8.24. The molecule has 0 aliphatic heterocycles. The predicted molar refractivity (Wildman–Crippen MR) is 117 cm³/mol. The van der Waals surface area contributed by atoms with E-state index in [2.05, 4.69) is 39.2 Å². The summed E-state index contributed by atoms with van der Waals surface area (Å²) in [6.45, 7) is 3.30. The van der Waals surface area contributed by atoms with Crippen LogP contribution in [0.5, 0.6) is 0 Å². The van der Waals surface area contributed by atoms with E-state index >= 15 is 0 Å². The molecule has 0 fully saturated rings. The molecular weight excluding hydrogens is 382 g/mol. The van der Waals surface area contributed by atoms with Gasteiger partial charge in [-0.15, -0.1) is 11.3 Å². The molecule has 0 spiro atoms. The summed E-state index contributed by atoms with van der Waals surface area (Å²) in [5.74, 6) is 2.21. The van der Waals surface area contributed by atoms with Gasteiger partial charge in [0.2, 0.25) is 5.89 Å². The first-order valence-electron chi connectivity index (χ1n) is 10.0. The fourth-order valence-corrected chi connectivity index (χ4v) is 4.74. The Labute approximate surface area is 175 Å². The van der Waals surface area contributed by atoms with Crippen LogP contribution in [-0.2, 0) is 25.9 Å². The summed E-state index contributed by atoms with van der Waals surface area (Å²) in [7, 11) is 3.82. The Morgan fingerprint density at radius 1 is 1.24 bits per heavy atom. The average molecular weight is 410 g/mol. The average Bonchev–Trinajstić information content (AvgIpc) is 3.35. The zero-order chi connectivity index (χ0) is 20.2. The number of rotatable bonds is 5. The van der Waals surface area contributed by atoms with Crippen molar-refractivity contribution >= 4 is 17.3 Å². The van der Waals surface area contributed by atoms with Crippen LogP contribution in [-0.4, -0.2) is 34.9 Å². The Morgan fingerprint density at radius 2 is 2.03 bits per heavy atom. The second-order valence-electron chi connectivity index (χ2n) is 7.43. The SMILES string of the molecule is CN=C(NCc1ncc(-c2ccc(C)cc2)o1)N(C)Cc1nc2c(s1)CCCC2. The molecule has 29 heavy (non-hydrogen) atoms. The van der Waals surface area contributed by atoms with E-state index in [1.807, 2.05) is 30.5 Å². The van der Waals surface area contributed by atoms with Gasteiger partial charge in [0.15, 0.2) is 11.7 Å². The van der Waals surface area contributed by atoms with Gasteiger partial charge in [0.1, 0.15) is 5.01 Å². The molecule has 1 aliphatic carbocycles. The number of hydrogen-bond donors (Lipinski definition) is 1. The van der Waals surface area contributed by atoms with Crippen LogP contribution in [0.15, 0.2) is 39.9 Å². The monoisotopic (exact) mass is 409 g/mol. The summed E-state index contributed by atoms with van der Waals surface area (Å²) >= 11 is 1.84. The van der Waals surface area contributed by atoms with Crippen LogP contribution >= 0.6 is 11.3 Å². The van der Waals surface area contributed by atoms with E-state index in [1.54, 1.807) is 13.2 Å². The molecule has 2 heterocycles. The van der Waals surface area contributed by atoms with Gasteiger partial charge >= 0.3 is 0 Å². The summed E-state index contributed by atoms with van der Waals surface area (Å²) in [5, 5.41) is 4.49. The quantitative estimate of drug-likeness (QED) is 0.505. The van der Waals surface area contributed by atoms with Gasteiger partial charge in [0.05, 0.1) is 25.0 Å². The van der Waals surface area contributed by atoms with Gasteiger partial charge in [-0.2, -0.15) is 0 Å². The molecule has 1 aromatic carbocycles. The molecule has 6 nitrogen and oxygen atoms in total. The van der Waals surface area contributed by atoms with Crippen LogP contribution in [0.1, 0.15) is 39.9 Å². The fraction of sp³-hybridized carbons (Fsp3) is 0.409. The maximum absolute atomic E-state index is 5.90. The Kier molecular flexibility index (Phi) is 5.94. The molecule has 1 aliphatic rings. The molecule has 4 rings (SSSR count). The third kappa shape index (κ3) is 4.67. The lowest BCUT2D eigenvalue weighted by Gasteiger charge is -2.20. The number of thiazole rings is 1. The van der Waals surface area contributed by atoms with E-state index in [4.69, 9.17) is 9.40 Å². The number of hydrogen-bond acceptors (Lipinski definition) is 5. The highest BCUT2D eigenvalue weighted by Crippen LogP contribution is 2.27. The number of aliphatic imine (C=N–C) groups is 1. The van der Waals surface area contributed by atoms with Crippen molar-refractivity contribution in [3.05, 3.63) is 57.5 Å². The normalized spacial score (nSPS) is 14.0. The molecule has 0 amide bonds. The van der Waals surface area contributed by atoms with Crippen molar-refractivity contribution in [3.8, 4) is 11.3 Å². The lowest BCUT2D eigenvalue weighted by molar-refractivity contribution is 0.455. The molecule has 3 aromatic rings. The molecule has 0 atom stereocenters. The highest BCUT2D eigenvalue weighted by atomic mass is 32.1. The molecule has 152 valence electrons. The number of nitrogens with one attached hydrogen (secondary N) is 1. The van der Waals surface area contributed by atoms with Gasteiger partial charge in [-0.3, -0.25) is 4.99 Å². The predicted octanol–water partition coefficient (Wildman–Crippen LogP) is 4.19. The van der Waals surface area contributed by atoms with Crippen LogP contribution in [0.3, 0.4) is 0 Å². The summed E-state index contributed by atoms with van der Waals surface area (Å²) in [4.78, 5) is 17.2. The third-order valence-electron chi connectivity index (χ3n) is 5.12. The number of fused-ring (bicyclic) bond motifs is 1. The molecule has 1 N–H and O–H groups in total. The minimum absolute atomic E-state index is 0.483. The van der Waals surface area contributed by atoms with E-state index in [1.165, 1.54) is 35.4 Å². The first-order valence-corrected chi connectivity index (χ1v) is 10.8. The number of guanidine groups is 1. The Bertz CT molecular complexity index is 966. The van der Waals surface area contributed by atoms with Gasteiger partial charge in [0, 0.05) is 24.5 Å². The summed E-state index contributed by atoms with van der Waals surface area (Å²) in [6.07, 6.45) is 6.62. The van der Waals surface area contributed by atoms with E-state index < -0.39 is 0 Å². The van der Waals surface area contributed by atoms with E-state index in [9.17, 15) is 0 Å². The minimum atomic E-state index is 0.483. The van der Waals surface area contributed by atoms with E-state index in [-0.39, 0.29) is 0 Å². The topological polar surface area (TPSA) is 66.6 Å². The van der Waals surface area contributed by atoms with Gasteiger partial charge in [-0.1, -0.05) is 29.8 Å². The number of benzene rings is 1. The molecule has 0 saturated carbocycles. The Morgan fingerprint density at radius 3 is 2.79 bits per heavy atom. The van der Waals surface area contributed by atoms with Crippen molar-refractivity contribution < 1.29 is 4.42 Å². The number of aromatic nitrogens is 2. The molecule has 2 aromatic heterocycles. The smallest absolute Gasteiger partial charge is 0.214 e. The van der Waals surface area contributed by atoms with Gasteiger partial charge in [0.25, 0.3) is 0 Å². The third-order valence-corrected chi connectivity index (χ3v) is 6.27. The fourth-order valence-electron chi connectivity index (χ4n) is 3.53. The number of aryl methyl sites for hydroxylation is 3. The van der Waals surface area contributed by atoms with Gasteiger partial charge < -0.3 is 14.6 Å². The lowest BCUT2D eigenvalue weighted by atomic mass is 10.0. The Balaban J connectivity index is 1.35. The van der Waals surface area contributed by atoms with E-state index in [0.717, 1.165) is 35.3 Å². The van der Waals surface area contributed by atoms with Crippen LogP contribution in [0.4, 0.5) is 0 Å². The second kappa shape index (κ2) is 8.78. The molecular formula is C22H27N5OS. The first-order chi connectivity index (χ1) is 14.1. The molecule has 0 radical (unpaired) electrons. The zero-order valence-corrected chi connectivity index (χ0v) is 18.1. The molecule has 0 unspecified atom stereocenters. The maximum Gasteiger partial charge on any atom is 0.214 e.